The molecule has 0 saturated heterocycles. The molecule has 1 nitrogen and oxygen atoms in total. The normalized spacial score (nSPS) is 10.8. The molecule has 0 radical (unpaired) electrons. The molecule has 96 valence electrons. The van der Waals surface area contributed by atoms with Gasteiger partial charge in [0.25, 0.3) is 0 Å². The average molecular weight is 259 g/mol. The van der Waals surface area contributed by atoms with Crippen LogP contribution in [0, 0.1) is 13.8 Å². The Morgan fingerprint density at radius 1 is 1.11 bits per heavy atom. The molecule has 2 heteroatoms. The third kappa shape index (κ3) is 3.01. The molecule has 0 aliphatic rings. The zero-order chi connectivity index (χ0) is 13.0. The van der Waals surface area contributed by atoms with E-state index in [-0.39, 0.29) is 0 Å². The van der Waals surface area contributed by atoms with Crippen LogP contribution in [0.2, 0.25) is 0 Å². The van der Waals surface area contributed by atoms with Crippen LogP contribution in [0.1, 0.15) is 29.3 Å². The Balaban J connectivity index is 2.18. The molecule has 0 unspecified atom stereocenters. The molecular weight excluding hydrogens is 238 g/mol. The van der Waals surface area contributed by atoms with E-state index in [4.69, 9.17) is 0 Å². The van der Waals surface area contributed by atoms with Gasteiger partial charge in [0.05, 0.1) is 0 Å². The minimum atomic E-state index is 0.970. The second kappa shape index (κ2) is 6.17. The van der Waals surface area contributed by atoms with Crippen molar-refractivity contribution in [2.45, 2.75) is 33.7 Å². The molecule has 1 heterocycles. The van der Waals surface area contributed by atoms with Gasteiger partial charge in [0.1, 0.15) is 0 Å². The van der Waals surface area contributed by atoms with E-state index >= 15 is 0 Å². The SMILES string of the molecule is CCCNCc1ccc(-c2ccsc2C)c(C)c1. The van der Waals surface area contributed by atoms with Crippen molar-refractivity contribution in [2.24, 2.45) is 0 Å². The summed E-state index contributed by atoms with van der Waals surface area (Å²) in [6.07, 6.45) is 1.19. The van der Waals surface area contributed by atoms with Crippen molar-refractivity contribution in [1.29, 1.82) is 0 Å². The Morgan fingerprint density at radius 2 is 1.94 bits per heavy atom. The van der Waals surface area contributed by atoms with Crippen molar-refractivity contribution in [3.05, 3.63) is 45.6 Å². The maximum absolute atomic E-state index is 3.45. The first-order valence-electron chi connectivity index (χ1n) is 6.57. The molecule has 1 aromatic carbocycles. The van der Waals surface area contributed by atoms with E-state index in [1.807, 2.05) is 11.3 Å². The van der Waals surface area contributed by atoms with Gasteiger partial charge in [0.2, 0.25) is 0 Å². The zero-order valence-electron chi connectivity index (χ0n) is 11.4. The first-order valence-corrected chi connectivity index (χ1v) is 7.45. The summed E-state index contributed by atoms with van der Waals surface area (Å²) < 4.78 is 0. The number of benzene rings is 1. The van der Waals surface area contributed by atoms with E-state index in [1.165, 1.54) is 33.6 Å². The molecule has 0 bridgehead atoms. The lowest BCUT2D eigenvalue weighted by Gasteiger charge is -2.09. The van der Waals surface area contributed by atoms with Gasteiger partial charge >= 0.3 is 0 Å². The smallest absolute Gasteiger partial charge is 0.0205 e. The molecule has 1 N–H and O–H groups in total. The second-order valence-corrected chi connectivity index (χ2v) is 5.84. The Kier molecular flexibility index (Phi) is 4.56. The van der Waals surface area contributed by atoms with Crippen molar-refractivity contribution < 1.29 is 0 Å². The summed E-state index contributed by atoms with van der Waals surface area (Å²) in [6, 6.07) is 9.02. The van der Waals surface area contributed by atoms with E-state index in [0.717, 1.165) is 13.1 Å². The van der Waals surface area contributed by atoms with E-state index in [1.54, 1.807) is 0 Å². The molecule has 0 aliphatic carbocycles. The Bertz CT molecular complexity index is 514. The number of hydrogen-bond donors (Lipinski definition) is 1. The lowest BCUT2D eigenvalue weighted by Crippen LogP contribution is -2.13. The summed E-state index contributed by atoms with van der Waals surface area (Å²) >= 11 is 1.82. The van der Waals surface area contributed by atoms with Gasteiger partial charge in [-0.2, -0.15) is 0 Å². The predicted molar refractivity (Wildman–Crippen MR) is 81.2 cm³/mol. The summed E-state index contributed by atoms with van der Waals surface area (Å²) in [5, 5.41) is 5.61. The van der Waals surface area contributed by atoms with Crippen LogP contribution in [0.5, 0.6) is 0 Å². The highest BCUT2D eigenvalue weighted by Crippen LogP contribution is 2.30. The summed E-state index contributed by atoms with van der Waals surface area (Å²) in [5.41, 5.74) is 5.49. The lowest BCUT2D eigenvalue weighted by atomic mass is 9.99. The number of thiophene rings is 1. The molecule has 0 spiro atoms. The van der Waals surface area contributed by atoms with Gasteiger partial charge in [-0.15, -0.1) is 11.3 Å². The third-order valence-corrected chi connectivity index (χ3v) is 4.04. The van der Waals surface area contributed by atoms with Crippen LogP contribution >= 0.6 is 11.3 Å². The van der Waals surface area contributed by atoms with Crippen molar-refractivity contribution in [3.63, 3.8) is 0 Å². The Hall–Kier alpha value is -1.12. The van der Waals surface area contributed by atoms with Crippen molar-refractivity contribution in [1.82, 2.24) is 5.32 Å². The third-order valence-electron chi connectivity index (χ3n) is 3.20. The Labute approximate surface area is 114 Å². The van der Waals surface area contributed by atoms with Crippen LogP contribution in [0.3, 0.4) is 0 Å². The quantitative estimate of drug-likeness (QED) is 0.778. The number of hydrogen-bond acceptors (Lipinski definition) is 2. The van der Waals surface area contributed by atoms with Gasteiger partial charge in [-0.05, 0) is 60.5 Å². The fourth-order valence-corrected chi connectivity index (χ4v) is 2.93. The van der Waals surface area contributed by atoms with Crippen LogP contribution in [0.4, 0.5) is 0 Å². The predicted octanol–water partition coefficient (Wildman–Crippen LogP) is 4.53. The van der Waals surface area contributed by atoms with E-state index in [9.17, 15) is 0 Å². The van der Waals surface area contributed by atoms with Crippen molar-refractivity contribution >= 4 is 11.3 Å². The van der Waals surface area contributed by atoms with E-state index < -0.39 is 0 Å². The standard InChI is InChI=1S/C16H21NS/c1-4-8-17-11-14-5-6-15(12(2)10-14)16-7-9-18-13(16)3/h5-7,9-10,17H,4,8,11H2,1-3H3. The van der Waals surface area contributed by atoms with Crippen LogP contribution in [-0.2, 0) is 6.54 Å². The molecule has 0 fully saturated rings. The van der Waals surface area contributed by atoms with Gasteiger partial charge in [0.15, 0.2) is 0 Å². The first-order chi connectivity index (χ1) is 8.72. The van der Waals surface area contributed by atoms with E-state index in [0.29, 0.717) is 0 Å². The molecule has 1 aromatic heterocycles. The topological polar surface area (TPSA) is 12.0 Å². The summed E-state index contributed by atoms with van der Waals surface area (Å²) in [5.74, 6) is 0. The maximum atomic E-state index is 3.45. The number of aryl methyl sites for hydroxylation is 2. The molecule has 18 heavy (non-hydrogen) atoms. The monoisotopic (exact) mass is 259 g/mol. The van der Waals surface area contributed by atoms with Gasteiger partial charge < -0.3 is 5.32 Å². The Morgan fingerprint density at radius 3 is 2.56 bits per heavy atom. The summed E-state index contributed by atoms with van der Waals surface area (Å²) in [4.78, 5) is 1.40. The lowest BCUT2D eigenvalue weighted by molar-refractivity contribution is 0.675. The molecule has 0 atom stereocenters. The van der Waals surface area contributed by atoms with Crippen LogP contribution in [0.25, 0.3) is 11.1 Å². The molecular formula is C16H21NS. The molecule has 2 rings (SSSR count). The van der Waals surface area contributed by atoms with Gasteiger partial charge in [-0.1, -0.05) is 25.1 Å². The second-order valence-electron chi connectivity index (χ2n) is 4.72. The highest BCUT2D eigenvalue weighted by molar-refractivity contribution is 7.10. The minimum Gasteiger partial charge on any atom is -0.313 e. The fraction of sp³-hybridized carbons (Fsp3) is 0.375. The minimum absolute atomic E-state index is 0.970. The van der Waals surface area contributed by atoms with Gasteiger partial charge in [-0.25, -0.2) is 0 Å². The fourth-order valence-electron chi connectivity index (χ4n) is 2.21. The molecule has 0 saturated carbocycles. The van der Waals surface area contributed by atoms with Crippen LogP contribution in [0.15, 0.2) is 29.6 Å². The average Bonchev–Trinajstić information content (AvgIpc) is 2.76. The zero-order valence-corrected chi connectivity index (χ0v) is 12.2. The van der Waals surface area contributed by atoms with Gasteiger partial charge in [0, 0.05) is 11.4 Å². The van der Waals surface area contributed by atoms with Gasteiger partial charge in [-0.3, -0.25) is 0 Å². The number of rotatable bonds is 5. The number of nitrogens with one attached hydrogen (secondary N) is 1. The highest BCUT2D eigenvalue weighted by Gasteiger charge is 2.06. The maximum Gasteiger partial charge on any atom is 0.0205 e. The molecule has 0 amide bonds. The first kappa shape index (κ1) is 13.3. The summed E-state index contributed by atoms with van der Waals surface area (Å²) in [6.45, 7) is 8.65. The molecule has 0 aliphatic heterocycles. The highest BCUT2D eigenvalue weighted by atomic mass is 32.1. The summed E-state index contributed by atoms with van der Waals surface area (Å²) in [7, 11) is 0. The van der Waals surface area contributed by atoms with Crippen molar-refractivity contribution in [2.75, 3.05) is 6.54 Å². The van der Waals surface area contributed by atoms with Crippen molar-refractivity contribution in [3.8, 4) is 11.1 Å². The molecule has 2 aromatic rings. The van der Waals surface area contributed by atoms with Crippen LogP contribution < -0.4 is 5.32 Å². The van der Waals surface area contributed by atoms with Crippen LogP contribution in [-0.4, -0.2) is 6.54 Å². The largest absolute Gasteiger partial charge is 0.313 e. The van der Waals surface area contributed by atoms with E-state index in [2.05, 4.69) is 55.7 Å².